The average molecular weight is 972 g/mol. The summed E-state index contributed by atoms with van der Waals surface area (Å²) in [5.74, 6) is -7.72. The van der Waals surface area contributed by atoms with E-state index in [4.69, 9.17) is 28.4 Å². The Labute approximate surface area is 411 Å². The number of amides is 1. The molecule has 0 radical (unpaired) electrons. The van der Waals surface area contributed by atoms with E-state index in [9.17, 15) is 39.3 Å². The zero-order chi connectivity index (χ0) is 51.2. The number of ether oxygens (including phenoxy) is 6. The highest BCUT2D eigenvalue weighted by atomic mass is 16.6. The minimum absolute atomic E-state index is 0.00139. The number of rotatable bonds is 8. The summed E-state index contributed by atoms with van der Waals surface area (Å²) in [4.78, 5) is 70.2. The molecule has 2 bridgehead atoms. The van der Waals surface area contributed by atoms with Crippen LogP contribution >= 0.6 is 0 Å². The SMILES string of the molecule is CCC(=O)O[C@@H]1CC[C@@H](C[C@@H](C)[C@@H]2C[C@@H](O)[C@H](C)/C=C(\C)[C@@H](O)[C@@H](OC)C(=O)[C@H](C)C[C@H](C)/C=C/C=C/C=C(\C)[C@@H](OC)C[C@@H]3CC[C@@H](C)[C@@](O)(O3)C(=O)C(=O)N3CCCC[C@H]3C(=O)O2)C[C@H]1OC. The molecule has 69 heavy (non-hydrogen) atoms. The number of piperidine rings is 1. The molecule has 0 aromatic carbocycles. The van der Waals surface area contributed by atoms with Crippen molar-refractivity contribution in [3.63, 3.8) is 0 Å². The molecule has 1 aliphatic carbocycles. The molecule has 3 fully saturated rings. The Balaban J connectivity index is 1.70. The Bertz CT molecular complexity index is 1840. The number of ketones is 2. The van der Waals surface area contributed by atoms with Gasteiger partial charge in [0.1, 0.15) is 30.5 Å². The van der Waals surface area contributed by atoms with Crippen molar-refractivity contribution < 1.29 is 67.7 Å². The van der Waals surface area contributed by atoms with Gasteiger partial charge in [0.25, 0.3) is 11.7 Å². The number of hydrogen-bond donors (Lipinski definition) is 3. The Kier molecular flexibility index (Phi) is 23.0. The van der Waals surface area contributed by atoms with Crippen molar-refractivity contribution in [2.45, 2.75) is 200 Å². The summed E-state index contributed by atoms with van der Waals surface area (Å²) in [5.41, 5.74) is 1.32. The molecule has 15 nitrogen and oxygen atoms in total. The zero-order valence-electron chi connectivity index (χ0n) is 43.3. The molecule has 0 spiro atoms. The first-order valence-corrected chi connectivity index (χ1v) is 25.5. The first kappa shape index (κ1) is 58.0. The summed E-state index contributed by atoms with van der Waals surface area (Å²) in [6.07, 6.45) is 11.1. The minimum Gasteiger partial charge on any atom is -0.460 e. The predicted molar refractivity (Wildman–Crippen MR) is 260 cm³/mol. The predicted octanol–water partition coefficient (Wildman–Crippen LogP) is 6.93. The van der Waals surface area contributed by atoms with E-state index in [1.807, 2.05) is 58.1 Å². The molecule has 15 heteroatoms. The molecule has 0 aromatic heterocycles. The van der Waals surface area contributed by atoms with Crippen molar-refractivity contribution in [3.8, 4) is 0 Å². The van der Waals surface area contributed by atoms with Gasteiger partial charge >= 0.3 is 11.9 Å². The van der Waals surface area contributed by atoms with Gasteiger partial charge in [-0.1, -0.05) is 78.0 Å². The van der Waals surface area contributed by atoms with Crippen LogP contribution in [0.5, 0.6) is 0 Å². The third-order valence-corrected chi connectivity index (χ3v) is 15.2. The van der Waals surface area contributed by atoms with Crippen LogP contribution in [0.25, 0.3) is 0 Å². The largest absolute Gasteiger partial charge is 0.460 e. The van der Waals surface area contributed by atoms with E-state index in [-0.39, 0.29) is 67.5 Å². The van der Waals surface area contributed by atoms with Crippen LogP contribution in [0.2, 0.25) is 0 Å². The van der Waals surface area contributed by atoms with Crippen LogP contribution in [0.1, 0.15) is 139 Å². The van der Waals surface area contributed by atoms with Crippen molar-refractivity contribution in [1.82, 2.24) is 4.90 Å². The van der Waals surface area contributed by atoms with Gasteiger partial charge < -0.3 is 48.6 Å². The highest BCUT2D eigenvalue weighted by Crippen LogP contribution is 2.38. The van der Waals surface area contributed by atoms with Crippen LogP contribution in [0, 0.1) is 35.5 Å². The van der Waals surface area contributed by atoms with Crippen molar-refractivity contribution >= 4 is 29.4 Å². The standard InChI is InChI=1S/C54H85NO14/c1-12-47(57)67-43-24-22-39(29-46(43)65-10)28-35(5)45-31-42(56)34(4)27-37(7)49(59)50(66-11)48(58)36(6)26-32(2)18-14-13-15-19-33(3)44(64-9)30-40-23-21-38(8)54(63,69-40)51(60)52(61)55-25-17-16-20-41(55)53(62)68-45/h13-15,18-19,27,32,34-36,38-46,49-50,56,59,63H,12,16-17,20-26,28-31H2,1-11H3/b15-13+,18-14+,33-19+,37-27+/t32-,34-,35-,36-,38-,39+,40+,41+,42-,43-,44+,45+,46-,49-,50+,54-/m1/s1. The molecule has 16 atom stereocenters. The highest BCUT2D eigenvalue weighted by Gasteiger charge is 2.53. The number of cyclic esters (lactones) is 1. The van der Waals surface area contributed by atoms with E-state index < -0.39 is 83.9 Å². The number of esters is 2. The van der Waals surface area contributed by atoms with Crippen molar-refractivity contribution in [3.05, 3.63) is 47.6 Å². The molecule has 4 aliphatic rings. The van der Waals surface area contributed by atoms with E-state index in [1.165, 1.54) is 12.0 Å². The number of aliphatic hydroxyl groups excluding tert-OH is 2. The van der Waals surface area contributed by atoms with Gasteiger partial charge in [-0.05, 0) is 107 Å². The number of allylic oxidation sites excluding steroid dienone is 5. The minimum atomic E-state index is -2.43. The van der Waals surface area contributed by atoms with Gasteiger partial charge in [-0.15, -0.1) is 0 Å². The fourth-order valence-electron chi connectivity index (χ4n) is 10.6. The quantitative estimate of drug-likeness (QED) is 0.128. The van der Waals surface area contributed by atoms with Gasteiger partial charge in [-0.3, -0.25) is 19.2 Å². The van der Waals surface area contributed by atoms with E-state index in [1.54, 1.807) is 48.0 Å². The van der Waals surface area contributed by atoms with Gasteiger partial charge in [-0.2, -0.15) is 0 Å². The Morgan fingerprint density at radius 2 is 1.58 bits per heavy atom. The monoisotopic (exact) mass is 972 g/mol. The Hall–Kier alpha value is -3.57. The van der Waals surface area contributed by atoms with E-state index >= 15 is 0 Å². The van der Waals surface area contributed by atoms with Crippen molar-refractivity contribution in [2.75, 3.05) is 27.9 Å². The average Bonchev–Trinajstić information content (AvgIpc) is 3.33. The molecule has 0 unspecified atom stereocenters. The van der Waals surface area contributed by atoms with Crippen LogP contribution in [0.3, 0.4) is 0 Å². The van der Waals surface area contributed by atoms with Crippen LogP contribution in [-0.4, -0.2) is 138 Å². The molecule has 3 aliphatic heterocycles. The molecule has 2 saturated heterocycles. The maximum Gasteiger partial charge on any atom is 0.329 e. The third kappa shape index (κ3) is 15.7. The second kappa shape index (κ2) is 27.3. The number of hydrogen-bond acceptors (Lipinski definition) is 14. The number of carbonyl (C=O) groups excluding carboxylic acids is 5. The van der Waals surface area contributed by atoms with Gasteiger partial charge in [0, 0.05) is 64.9 Å². The van der Waals surface area contributed by atoms with Crippen molar-refractivity contribution in [2.24, 2.45) is 35.5 Å². The Morgan fingerprint density at radius 1 is 0.855 bits per heavy atom. The number of methoxy groups -OCH3 is 3. The summed E-state index contributed by atoms with van der Waals surface area (Å²) in [6, 6.07) is -1.13. The second-order valence-electron chi connectivity index (χ2n) is 20.6. The van der Waals surface area contributed by atoms with Crippen LogP contribution in [-0.2, 0) is 52.4 Å². The number of nitrogens with zero attached hydrogens (tertiary/aromatic N) is 1. The van der Waals surface area contributed by atoms with E-state index in [0.29, 0.717) is 63.4 Å². The lowest BCUT2D eigenvalue weighted by Crippen LogP contribution is -2.61. The lowest BCUT2D eigenvalue weighted by atomic mass is 9.78. The van der Waals surface area contributed by atoms with Crippen LogP contribution < -0.4 is 0 Å². The van der Waals surface area contributed by atoms with Gasteiger partial charge in [0.15, 0.2) is 5.78 Å². The molecule has 3 heterocycles. The zero-order valence-corrected chi connectivity index (χ0v) is 43.3. The molecule has 1 amide bonds. The first-order chi connectivity index (χ1) is 32.7. The summed E-state index contributed by atoms with van der Waals surface area (Å²) >= 11 is 0. The van der Waals surface area contributed by atoms with Gasteiger partial charge in [0.05, 0.1) is 24.4 Å². The first-order valence-electron chi connectivity index (χ1n) is 25.5. The van der Waals surface area contributed by atoms with E-state index in [0.717, 1.165) is 12.0 Å². The number of Topliss-reactive ketones (excluding diaryl/α,β-unsaturated/α-hetero) is 2. The highest BCUT2D eigenvalue weighted by molar-refractivity contribution is 6.39. The maximum atomic E-state index is 14.5. The molecule has 4 rings (SSSR count). The lowest BCUT2D eigenvalue weighted by Gasteiger charge is -2.43. The second-order valence-corrected chi connectivity index (χ2v) is 20.6. The fourth-order valence-corrected chi connectivity index (χ4v) is 10.6. The molecule has 1 saturated carbocycles. The van der Waals surface area contributed by atoms with Crippen LogP contribution in [0.15, 0.2) is 47.6 Å². The van der Waals surface area contributed by atoms with Crippen molar-refractivity contribution in [1.29, 1.82) is 0 Å². The fraction of sp³-hybridized carbons (Fsp3) is 0.759. The van der Waals surface area contributed by atoms with Crippen LogP contribution in [0.4, 0.5) is 0 Å². The topological polar surface area (TPSA) is 205 Å². The smallest absolute Gasteiger partial charge is 0.329 e. The maximum absolute atomic E-state index is 14.5. The molecule has 0 aromatic rings. The summed E-state index contributed by atoms with van der Waals surface area (Å²) in [7, 11) is 4.57. The molecular formula is C54H85NO14. The van der Waals surface area contributed by atoms with E-state index in [2.05, 4.69) is 0 Å². The molecule has 390 valence electrons. The summed E-state index contributed by atoms with van der Waals surface area (Å²) in [6.45, 7) is 14.7. The summed E-state index contributed by atoms with van der Waals surface area (Å²) < 4.78 is 35.5. The van der Waals surface area contributed by atoms with Gasteiger partial charge in [-0.25, -0.2) is 4.79 Å². The number of fused-ring (bicyclic) bond motifs is 3. The molecule has 3 N–H and O–H groups in total. The third-order valence-electron chi connectivity index (χ3n) is 15.2. The lowest BCUT2D eigenvalue weighted by molar-refractivity contribution is -0.265. The number of carbonyl (C=O) groups is 5. The number of aliphatic hydroxyl groups is 3. The normalized spacial score (nSPS) is 39.7. The van der Waals surface area contributed by atoms with Gasteiger partial charge in [0.2, 0.25) is 5.79 Å². The molecular weight excluding hydrogens is 887 g/mol. The summed E-state index contributed by atoms with van der Waals surface area (Å²) in [5, 5.41) is 35.4. The Morgan fingerprint density at radius 3 is 2.25 bits per heavy atom.